The fourth-order valence-corrected chi connectivity index (χ4v) is 3.43. The van der Waals surface area contributed by atoms with E-state index in [-0.39, 0.29) is 5.57 Å². The molecule has 3 aromatic rings. The van der Waals surface area contributed by atoms with E-state index in [0.717, 1.165) is 5.56 Å². The van der Waals surface area contributed by atoms with E-state index in [4.69, 9.17) is 32.7 Å². The lowest BCUT2D eigenvalue weighted by molar-refractivity contribution is -0.112. The van der Waals surface area contributed by atoms with Crippen molar-refractivity contribution in [3.05, 3.63) is 93.5 Å². The second-order valence-corrected chi connectivity index (χ2v) is 7.51. The van der Waals surface area contributed by atoms with Crippen LogP contribution in [0, 0.1) is 11.3 Å². The molecular weight excluding hydrogens is 447 g/mol. The fraction of sp³-hybridized carbons (Fsp3) is 0.120. The van der Waals surface area contributed by atoms with E-state index in [0.29, 0.717) is 46.0 Å². The van der Waals surface area contributed by atoms with Crippen LogP contribution in [0.1, 0.15) is 18.1 Å². The van der Waals surface area contributed by atoms with Gasteiger partial charge in [0.05, 0.1) is 11.6 Å². The molecule has 0 aliphatic carbocycles. The Kier molecular flexibility index (Phi) is 8.15. The molecule has 32 heavy (non-hydrogen) atoms. The lowest BCUT2D eigenvalue weighted by atomic mass is 10.1. The highest BCUT2D eigenvalue weighted by Crippen LogP contribution is 2.34. The fourth-order valence-electron chi connectivity index (χ4n) is 2.86. The standard InChI is InChI=1S/C25H20Cl2N2O3/c1-2-31-24-18(13-20(26)14-23(24)27)12-19(15-28)25(30)29-21-8-10-22(11-9-21)32-16-17-6-4-3-5-7-17/h3-14H,2,16H2,1H3,(H,29,30)/b19-12+. The van der Waals surface area contributed by atoms with Gasteiger partial charge >= 0.3 is 0 Å². The predicted octanol–water partition coefficient (Wildman–Crippen LogP) is 6.52. The van der Waals surface area contributed by atoms with E-state index >= 15 is 0 Å². The molecule has 0 radical (unpaired) electrons. The third-order valence-electron chi connectivity index (χ3n) is 4.35. The summed E-state index contributed by atoms with van der Waals surface area (Å²) in [6.07, 6.45) is 1.40. The van der Waals surface area contributed by atoms with Gasteiger partial charge in [0.25, 0.3) is 5.91 Å². The summed E-state index contributed by atoms with van der Waals surface area (Å²) >= 11 is 12.3. The van der Waals surface area contributed by atoms with Crippen LogP contribution in [0.3, 0.4) is 0 Å². The average Bonchev–Trinajstić information content (AvgIpc) is 2.79. The molecule has 1 N–H and O–H groups in total. The molecule has 0 aliphatic heterocycles. The van der Waals surface area contributed by atoms with E-state index in [1.165, 1.54) is 6.08 Å². The molecule has 0 spiro atoms. The van der Waals surface area contributed by atoms with Gasteiger partial charge in [0.15, 0.2) is 0 Å². The first-order chi connectivity index (χ1) is 15.5. The highest BCUT2D eigenvalue weighted by atomic mass is 35.5. The van der Waals surface area contributed by atoms with Crippen molar-refractivity contribution in [2.24, 2.45) is 0 Å². The minimum absolute atomic E-state index is 0.117. The number of benzene rings is 3. The number of ether oxygens (including phenoxy) is 2. The number of carbonyl (C=O) groups excluding carboxylic acids is 1. The topological polar surface area (TPSA) is 71.3 Å². The molecule has 0 unspecified atom stereocenters. The van der Waals surface area contributed by atoms with Gasteiger partial charge in [-0.05, 0) is 55.0 Å². The van der Waals surface area contributed by atoms with Gasteiger partial charge in [-0.2, -0.15) is 5.26 Å². The summed E-state index contributed by atoms with van der Waals surface area (Å²) in [4.78, 5) is 12.6. The quantitative estimate of drug-likeness (QED) is 0.303. The number of halogens is 2. The Balaban J connectivity index is 1.71. The Labute approximate surface area is 196 Å². The number of carbonyl (C=O) groups is 1. The lowest BCUT2D eigenvalue weighted by Crippen LogP contribution is -2.13. The number of rotatable bonds is 8. The van der Waals surface area contributed by atoms with Gasteiger partial charge in [-0.1, -0.05) is 53.5 Å². The molecule has 0 heterocycles. The van der Waals surface area contributed by atoms with Crippen LogP contribution in [-0.2, 0) is 11.4 Å². The molecule has 0 saturated heterocycles. The Morgan fingerprint density at radius 1 is 1.06 bits per heavy atom. The summed E-state index contributed by atoms with van der Waals surface area (Å²) in [6, 6.07) is 21.8. The Morgan fingerprint density at radius 3 is 2.44 bits per heavy atom. The monoisotopic (exact) mass is 466 g/mol. The molecule has 7 heteroatoms. The van der Waals surface area contributed by atoms with Gasteiger partial charge in [-0.3, -0.25) is 4.79 Å². The zero-order valence-electron chi connectivity index (χ0n) is 17.3. The summed E-state index contributed by atoms with van der Waals surface area (Å²) in [5.41, 5.74) is 1.91. The maximum absolute atomic E-state index is 12.6. The van der Waals surface area contributed by atoms with Crippen LogP contribution in [0.15, 0.2) is 72.3 Å². The third kappa shape index (κ3) is 6.27. The van der Waals surface area contributed by atoms with Crippen molar-refractivity contribution < 1.29 is 14.3 Å². The van der Waals surface area contributed by atoms with Crippen LogP contribution >= 0.6 is 23.2 Å². The number of hydrogen-bond acceptors (Lipinski definition) is 4. The highest BCUT2D eigenvalue weighted by Gasteiger charge is 2.14. The van der Waals surface area contributed by atoms with E-state index in [2.05, 4.69) is 5.32 Å². The van der Waals surface area contributed by atoms with Crippen LogP contribution < -0.4 is 14.8 Å². The smallest absolute Gasteiger partial charge is 0.266 e. The Hall–Kier alpha value is -3.46. The van der Waals surface area contributed by atoms with E-state index < -0.39 is 5.91 Å². The maximum atomic E-state index is 12.6. The first kappa shape index (κ1) is 23.2. The van der Waals surface area contributed by atoms with Crippen LogP contribution in [-0.4, -0.2) is 12.5 Å². The maximum Gasteiger partial charge on any atom is 0.266 e. The molecule has 0 aliphatic rings. The van der Waals surface area contributed by atoms with Crippen molar-refractivity contribution in [3.8, 4) is 17.6 Å². The van der Waals surface area contributed by atoms with E-state index in [1.54, 1.807) is 36.4 Å². The summed E-state index contributed by atoms with van der Waals surface area (Å²) in [6.45, 7) is 2.62. The molecule has 0 saturated carbocycles. The molecule has 5 nitrogen and oxygen atoms in total. The number of amides is 1. The van der Waals surface area contributed by atoms with Crippen molar-refractivity contribution >= 4 is 40.9 Å². The lowest BCUT2D eigenvalue weighted by Gasteiger charge is -2.11. The molecule has 0 bridgehead atoms. The van der Waals surface area contributed by atoms with E-state index in [9.17, 15) is 10.1 Å². The minimum atomic E-state index is -0.566. The molecule has 0 aromatic heterocycles. The summed E-state index contributed by atoms with van der Waals surface area (Å²) in [5.74, 6) is 0.459. The normalized spacial score (nSPS) is 10.9. The molecule has 162 valence electrons. The van der Waals surface area contributed by atoms with Crippen molar-refractivity contribution in [2.75, 3.05) is 11.9 Å². The second-order valence-electron chi connectivity index (χ2n) is 6.66. The first-order valence-corrected chi connectivity index (χ1v) is 10.6. The first-order valence-electron chi connectivity index (χ1n) is 9.82. The molecule has 3 rings (SSSR count). The van der Waals surface area contributed by atoms with Gasteiger partial charge in [-0.25, -0.2) is 0 Å². The largest absolute Gasteiger partial charge is 0.492 e. The minimum Gasteiger partial charge on any atom is -0.492 e. The van der Waals surface area contributed by atoms with Gasteiger partial charge < -0.3 is 14.8 Å². The van der Waals surface area contributed by atoms with Crippen LogP contribution in [0.5, 0.6) is 11.5 Å². The number of nitrogens with one attached hydrogen (secondary N) is 1. The second kappa shape index (κ2) is 11.2. The van der Waals surface area contributed by atoms with Crippen molar-refractivity contribution in [2.45, 2.75) is 13.5 Å². The Bertz CT molecular complexity index is 1150. The number of hydrogen-bond donors (Lipinski definition) is 1. The zero-order valence-corrected chi connectivity index (χ0v) is 18.8. The van der Waals surface area contributed by atoms with Gasteiger partial charge in [0.2, 0.25) is 0 Å². The van der Waals surface area contributed by atoms with Crippen molar-refractivity contribution in [1.29, 1.82) is 5.26 Å². The number of anilines is 1. The Morgan fingerprint density at radius 2 is 1.78 bits per heavy atom. The predicted molar refractivity (Wildman–Crippen MR) is 127 cm³/mol. The van der Waals surface area contributed by atoms with E-state index in [1.807, 2.05) is 43.3 Å². The molecule has 3 aromatic carbocycles. The molecule has 0 fully saturated rings. The summed E-state index contributed by atoms with van der Waals surface area (Å²) < 4.78 is 11.3. The highest BCUT2D eigenvalue weighted by molar-refractivity contribution is 6.36. The molecule has 1 amide bonds. The van der Waals surface area contributed by atoms with Gasteiger partial charge in [-0.15, -0.1) is 0 Å². The van der Waals surface area contributed by atoms with Gasteiger partial charge in [0, 0.05) is 16.3 Å². The summed E-state index contributed by atoms with van der Waals surface area (Å²) in [5, 5.41) is 12.9. The zero-order chi connectivity index (χ0) is 22.9. The molecule has 0 atom stereocenters. The van der Waals surface area contributed by atoms with Crippen LogP contribution in [0.25, 0.3) is 6.08 Å². The van der Waals surface area contributed by atoms with Crippen LogP contribution in [0.4, 0.5) is 5.69 Å². The average molecular weight is 467 g/mol. The van der Waals surface area contributed by atoms with Crippen molar-refractivity contribution in [1.82, 2.24) is 0 Å². The number of nitrogens with zero attached hydrogens (tertiary/aromatic N) is 1. The summed E-state index contributed by atoms with van der Waals surface area (Å²) in [7, 11) is 0. The number of nitriles is 1. The molecular formula is C25H20Cl2N2O3. The third-order valence-corrected chi connectivity index (χ3v) is 4.85. The van der Waals surface area contributed by atoms with Crippen LogP contribution in [0.2, 0.25) is 10.0 Å². The van der Waals surface area contributed by atoms with Crippen molar-refractivity contribution in [3.63, 3.8) is 0 Å². The SMILES string of the molecule is CCOc1c(Cl)cc(Cl)cc1/C=C(\C#N)C(=O)Nc1ccc(OCc2ccccc2)cc1. The van der Waals surface area contributed by atoms with Gasteiger partial charge in [0.1, 0.15) is 29.7 Å².